The zero-order valence-corrected chi connectivity index (χ0v) is 17.9. The van der Waals surface area contributed by atoms with Crippen molar-refractivity contribution in [2.24, 2.45) is 0 Å². The number of halogens is 3. The van der Waals surface area contributed by atoms with Gasteiger partial charge >= 0.3 is 12.1 Å². The molecule has 2 heterocycles. The molecule has 0 saturated carbocycles. The number of hydrogen-bond acceptors (Lipinski definition) is 5. The lowest BCUT2D eigenvalue weighted by Crippen LogP contribution is -2.35. The molecule has 0 radical (unpaired) electrons. The molecular formula is C24H23F3N2O4. The van der Waals surface area contributed by atoms with Crippen LogP contribution in [-0.2, 0) is 24.1 Å². The van der Waals surface area contributed by atoms with Crippen LogP contribution in [0.3, 0.4) is 0 Å². The van der Waals surface area contributed by atoms with Gasteiger partial charge in [-0.15, -0.1) is 0 Å². The molecule has 0 bridgehead atoms. The van der Waals surface area contributed by atoms with Crippen LogP contribution >= 0.6 is 0 Å². The van der Waals surface area contributed by atoms with Gasteiger partial charge in [-0.1, -0.05) is 12.1 Å². The average molecular weight is 460 g/mol. The third kappa shape index (κ3) is 5.36. The van der Waals surface area contributed by atoms with Crippen molar-refractivity contribution in [3.63, 3.8) is 0 Å². The van der Waals surface area contributed by atoms with Crippen LogP contribution in [-0.4, -0.2) is 33.5 Å². The first-order chi connectivity index (χ1) is 15.7. The molecule has 1 aromatic heterocycles. The summed E-state index contributed by atoms with van der Waals surface area (Å²) in [6, 6.07) is 11.6. The van der Waals surface area contributed by atoms with E-state index in [0.29, 0.717) is 35.7 Å². The predicted molar refractivity (Wildman–Crippen MR) is 114 cm³/mol. The number of ether oxygens (including phenoxy) is 1. The molecule has 1 aliphatic heterocycles. The largest absolute Gasteiger partial charge is 0.487 e. The third-order valence-electron chi connectivity index (χ3n) is 5.66. The normalized spacial score (nSPS) is 16.8. The Kier molecular flexibility index (Phi) is 6.42. The van der Waals surface area contributed by atoms with Crippen molar-refractivity contribution in [1.29, 1.82) is 0 Å². The number of carbonyl (C=O) groups is 1. The summed E-state index contributed by atoms with van der Waals surface area (Å²) in [7, 11) is 0. The summed E-state index contributed by atoms with van der Waals surface area (Å²) in [6.07, 6.45) is -2.89. The highest BCUT2D eigenvalue weighted by molar-refractivity contribution is 5.73. The first-order valence-corrected chi connectivity index (χ1v) is 10.5. The second-order valence-corrected chi connectivity index (χ2v) is 8.00. The zero-order valence-electron chi connectivity index (χ0n) is 17.9. The Hall–Kier alpha value is -3.33. The number of aliphatic carboxylic acids is 1. The van der Waals surface area contributed by atoms with Crippen LogP contribution in [0.1, 0.15) is 35.4 Å². The minimum Gasteiger partial charge on any atom is -0.487 e. The highest BCUT2D eigenvalue weighted by Crippen LogP contribution is 2.31. The van der Waals surface area contributed by atoms with Gasteiger partial charge in [-0.3, -0.25) is 9.69 Å². The first kappa shape index (κ1) is 22.8. The molecule has 0 amide bonds. The molecule has 1 atom stereocenters. The maximum Gasteiger partial charge on any atom is 0.416 e. The SMILES string of the molecule is Cc1oc(-c2ccc(C(F)(F)F)cc2)nc1COc1cccc(CN2CCC[C@@H]2C(=O)O)c1. The Morgan fingerprint density at radius 2 is 2.00 bits per heavy atom. The van der Waals surface area contributed by atoms with Crippen LogP contribution in [0.15, 0.2) is 52.9 Å². The summed E-state index contributed by atoms with van der Waals surface area (Å²) >= 11 is 0. The second kappa shape index (κ2) is 9.27. The number of alkyl halides is 3. The summed E-state index contributed by atoms with van der Waals surface area (Å²) in [6.45, 7) is 3.11. The van der Waals surface area contributed by atoms with Crippen molar-refractivity contribution < 1.29 is 32.2 Å². The summed E-state index contributed by atoms with van der Waals surface area (Å²) in [4.78, 5) is 17.7. The van der Waals surface area contributed by atoms with Gasteiger partial charge in [0.25, 0.3) is 0 Å². The van der Waals surface area contributed by atoms with Crippen LogP contribution < -0.4 is 4.74 Å². The van der Waals surface area contributed by atoms with Crippen LogP contribution in [0.5, 0.6) is 5.75 Å². The van der Waals surface area contributed by atoms with E-state index in [1.807, 2.05) is 23.1 Å². The number of likely N-dealkylation sites (tertiary alicyclic amines) is 1. The van der Waals surface area contributed by atoms with Gasteiger partial charge in [0.1, 0.15) is 29.9 Å². The Labute approximate surface area is 188 Å². The fourth-order valence-electron chi connectivity index (χ4n) is 3.90. The Bertz CT molecular complexity index is 1130. The van der Waals surface area contributed by atoms with Gasteiger partial charge in [0.2, 0.25) is 5.89 Å². The number of aryl methyl sites for hydroxylation is 1. The molecule has 33 heavy (non-hydrogen) atoms. The van der Waals surface area contributed by atoms with Crippen LogP contribution in [0, 0.1) is 6.92 Å². The van der Waals surface area contributed by atoms with Crippen molar-refractivity contribution in [2.75, 3.05) is 6.54 Å². The number of carboxylic acid groups (broad SMARTS) is 1. The van der Waals surface area contributed by atoms with Gasteiger partial charge < -0.3 is 14.3 Å². The lowest BCUT2D eigenvalue weighted by molar-refractivity contribution is -0.142. The molecule has 6 nitrogen and oxygen atoms in total. The van der Waals surface area contributed by atoms with Crippen molar-refractivity contribution in [3.05, 3.63) is 71.1 Å². The van der Waals surface area contributed by atoms with E-state index < -0.39 is 23.8 Å². The molecule has 1 fully saturated rings. The Morgan fingerprint density at radius 3 is 2.70 bits per heavy atom. The van der Waals surface area contributed by atoms with Crippen molar-refractivity contribution >= 4 is 5.97 Å². The third-order valence-corrected chi connectivity index (χ3v) is 5.66. The molecule has 0 aliphatic carbocycles. The summed E-state index contributed by atoms with van der Waals surface area (Å²) < 4.78 is 49.8. The second-order valence-electron chi connectivity index (χ2n) is 8.00. The van der Waals surface area contributed by atoms with E-state index in [-0.39, 0.29) is 12.5 Å². The molecule has 0 spiro atoms. The standard InChI is InChI=1S/C24H23F3N2O4/c1-15-20(28-22(33-15)17-7-9-18(10-8-17)24(25,26)27)14-32-19-5-2-4-16(12-19)13-29-11-3-6-21(29)23(30)31/h2,4-5,7-10,12,21H,3,6,11,13-14H2,1H3,(H,30,31)/t21-/m1/s1. The number of oxazole rings is 1. The van der Waals surface area contributed by atoms with E-state index in [9.17, 15) is 23.1 Å². The number of rotatable bonds is 7. The fourth-order valence-corrected chi connectivity index (χ4v) is 3.90. The maximum atomic E-state index is 12.8. The molecule has 9 heteroatoms. The van der Waals surface area contributed by atoms with Gasteiger partial charge in [0, 0.05) is 12.1 Å². The molecule has 1 aliphatic rings. The lowest BCUT2D eigenvalue weighted by atomic mass is 10.1. The van der Waals surface area contributed by atoms with E-state index in [2.05, 4.69) is 4.98 Å². The van der Waals surface area contributed by atoms with Crippen LogP contribution in [0.2, 0.25) is 0 Å². The topological polar surface area (TPSA) is 75.8 Å². The Balaban J connectivity index is 1.41. The van der Waals surface area contributed by atoms with E-state index in [4.69, 9.17) is 9.15 Å². The predicted octanol–water partition coefficient (Wildman–Crippen LogP) is 5.30. The zero-order chi connectivity index (χ0) is 23.6. The summed E-state index contributed by atoms with van der Waals surface area (Å²) in [5.41, 5.74) is 1.20. The van der Waals surface area contributed by atoms with Gasteiger partial charge in [0.15, 0.2) is 0 Å². The molecule has 4 rings (SSSR count). The Morgan fingerprint density at radius 1 is 1.24 bits per heavy atom. The summed E-state index contributed by atoms with van der Waals surface area (Å²) in [5.74, 6) is 0.548. The fraction of sp³-hybridized carbons (Fsp3) is 0.333. The highest BCUT2D eigenvalue weighted by Gasteiger charge is 2.31. The number of nitrogens with zero attached hydrogens (tertiary/aromatic N) is 2. The number of benzene rings is 2. The monoisotopic (exact) mass is 460 g/mol. The smallest absolute Gasteiger partial charge is 0.416 e. The average Bonchev–Trinajstić information content (AvgIpc) is 3.38. The van der Waals surface area contributed by atoms with E-state index in [1.54, 1.807) is 13.0 Å². The van der Waals surface area contributed by atoms with Crippen LogP contribution in [0.4, 0.5) is 13.2 Å². The molecule has 3 aromatic rings. The molecule has 174 valence electrons. The van der Waals surface area contributed by atoms with E-state index in [0.717, 1.165) is 30.7 Å². The van der Waals surface area contributed by atoms with Crippen LogP contribution in [0.25, 0.3) is 11.5 Å². The molecule has 1 N–H and O–H groups in total. The maximum absolute atomic E-state index is 12.8. The lowest BCUT2D eigenvalue weighted by Gasteiger charge is -2.21. The molecule has 0 unspecified atom stereocenters. The quantitative estimate of drug-likeness (QED) is 0.516. The van der Waals surface area contributed by atoms with Crippen molar-refractivity contribution in [3.8, 4) is 17.2 Å². The van der Waals surface area contributed by atoms with E-state index >= 15 is 0 Å². The van der Waals surface area contributed by atoms with Crippen molar-refractivity contribution in [1.82, 2.24) is 9.88 Å². The first-order valence-electron chi connectivity index (χ1n) is 10.5. The van der Waals surface area contributed by atoms with Gasteiger partial charge in [-0.2, -0.15) is 13.2 Å². The van der Waals surface area contributed by atoms with Gasteiger partial charge in [-0.25, -0.2) is 4.98 Å². The van der Waals surface area contributed by atoms with Crippen molar-refractivity contribution in [2.45, 2.75) is 45.1 Å². The minimum absolute atomic E-state index is 0.126. The van der Waals surface area contributed by atoms with E-state index in [1.165, 1.54) is 12.1 Å². The van der Waals surface area contributed by atoms with Gasteiger partial charge in [0.05, 0.1) is 5.56 Å². The molecular weight excluding hydrogens is 437 g/mol. The molecule has 1 saturated heterocycles. The number of carboxylic acids is 1. The molecule has 2 aromatic carbocycles. The summed E-state index contributed by atoms with van der Waals surface area (Å²) in [5, 5.41) is 9.35. The number of aromatic nitrogens is 1. The highest BCUT2D eigenvalue weighted by atomic mass is 19.4. The van der Waals surface area contributed by atoms with Gasteiger partial charge in [-0.05, 0) is 68.3 Å². The number of hydrogen-bond donors (Lipinski definition) is 1. The minimum atomic E-state index is -4.40.